The molecule has 1 saturated carbocycles. The zero-order valence-electron chi connectivity index (χ0n) is 21.0. The Morgan fingerprint density at radius 2 is 1.52 bits per heavy atom. The molecule has 4 atom stereocenters. The molecule has 172 valence electrons. The predicted octanol–water partition coefficient (Wildman–Crippen LogP) is 6.57. The highest BCUT2D eigenvalue weighted by Crippen LogP contribution is 2.46. The molecule has 0 bridgehead atoms. The Morgan fingerprint density at radius 1 is 1.00 bits per heavy atom. The average Bonchev–Trinajstić information content (AvgIpc) is 2.52. The zero-order valence-corrected chi connectivity index (χ0v) is 21.0. The number of hydrogen-bond acceptors (Lipinski definition) is 2. The molecule has 0 radical (unpaired) electrons. The lowest BCUT2D eigenvalue weighted by Gasteiger charge is -2.43. The zero-order chi connectivity index (χ0) is 23.0. The summed E-state index contributed by atoms with van der Waals surface area (Å²) in [6.45, 7) is 21.3. The second kappa shape index (κ2) is 12.0. The van der Waals surface area contributed by atoms with E-state index in [9.17, 15) is 9.59 Å². The molecule has 0 aromatic carbocycles. The summed E-state index contributed by atoms with van der Waals surface area (Å²) < 4.78 is 0. The fourth-order valence-electron chi connectivity index (χ4n) is 4.91. The SMILES string of the molecule is CC(=O)C(C)CC(C)(C)C1CCCC(C(C)CC(C)(C)NC(N)=O)C1.CC(C)C. The number of carbonyl (C=O) groups is 2. The van der Waals surface area contributed by atoms with E-state index < -0.39 is 6.03 Å². The molecule has 3 N–H and O–H groups in total. The van der Waals surface area contributed by atoms with E-state index in [0.29, 0.717) is 23.5 Å². The van der Waals surface area contributed by atoms with E-state index in [-0.39, 0.29) is 16.9 Å². The summed E-state index contributed by atoms with van der Waals surface area (Å²) >= 11 is 0. The molecule has 2 amide bonds. The normalized spacial score (nSPS) is 22.3. The molecule has 1 aliphatic rings. The van der Waals surface area contributed by atoms with Gasteiger partial charge in [0.15, 0.2) is 0 Å². The first-order valence-corrected chi connectivity index (χ1v) is 11.7. The van der Waals surface area contributed by atoms with Crippen molar-refractivity contribution in [3.63, 3.8) is 0 Å². The van der Waals surface area contributed by atoms with E-state index in [2.05, 4.69) is 53.8 Å². The highest BCUT2D eigenvalue weighted by molar-refractivity contribution is 5.77. The summed E-state index contributed by atoms with van der Waals surface area (Å²) in [5, 5.41) is 2.87. The van der Waals surface area contributed by atoms with Gasteiger partial charge in [0, 0.05) is 11.5 Å². The lowest BCUT2D eigenvalue weighted by Crippen LogP contribution is -2.47. The van der Waals surface area contributed by atoms with Crippen LogP contribution in [0.15, 0.2) is 0 Å². The number of ketones is 1. The van der Waals surface area contributed by atoms with E-state index in [4.69, 9.17) is 5.73 Å². The summed E-state index contributed by atoms with van der Waals surface area (Å²) in [6.07, 6.45) is 6.94. The number of nitrogens with one attached hydrogen (secondary N) is 1. The molecule has 0 heterocycles. The van der Waals surface area contributed by atoms with Gasteiger partial charge in [-0.1, -0.05) is 61.3 Å². The summed E-state index contributed by atoms with van der Waals surface area (Å²) in [7, 11) is 0. The van der Waals surface area contributed by atoms with Crippen LogP contribution in [-0.2, 0) is 4.79 Å². The largest absolute Gasteiger partial charge is 0.352 e. The first-order chi connectivity index (χ1) is 13.1. The van der Waals surface area contributed by atoms with Gasteiger partial charge in [-0.25, -0.2) is 4.79 Å². The Kier molecular flexibility index (Phi) is 11.5. The summed E-state index contributed by atoms with van der Waals surface area (Å²) in [5.41, 5.74) is 5.24. The van der Waals surface area contributed by atoms with Crippen molar-refractivity contribution in [2.45, 2.75) is 113 Å². The summed E-state index contributed by atoms with van der Waals surface area (Å²) in [5.74, 6) is 3.17. The van der Waals surface area contributed by atoms with Crippen LogP contribution >= 0.6 is 0 Å². The molecule has 0 spiro atoms. The van der Waals surface area contributed by atoms with Gasteiger partial charge in [0.1, 0.15) is 5.78 Å². The van der Waals surface area contributed by atoms with Gasteiger partial charge >= 0.3 is 6.03 Å². The maximum Gasteiger partial charge on any atom is 0.312 e. The van der Waals surface area contributed by atoms with Crippen LogP contribution in [0.3, 0.4) is 0 Å². The van der Waals surface area contributed by atoms with E-state index >= 15 is 0 Å². The minimum Gasteiger partial charge on any atom is -0.352 e. The standard InChI is InChI=1S/C21H40N2O2.C4H10/c1-14(16(3)24)12-20(4,5)18-10-8-9-17(11-18)15(2)13-21(6,7)23-19(22)25;1-4(2)3/h14-15,17-18H,8-13H2,1-7H3,(H3,22,23,25);4H,1-3H3. The fraction of sp³-hybridized carbons (Fsp3) is 0.920. The summed E-state index contributed by atoms with van der Waals surface area (Å²) in [6, 6.07) is -0.446. The fourth-order valence-corrected chi connectivity index (χ4v) is 4.91. The van der Waals surface area contributed by atoms with Crippen molar-refractivity contribution in [2.75, 3.05) is 0 Å². The highest BCUT2D eigenvalue weighted by Gasteiger charge is 2.37. The third-order valence-electron chi connectivity index (χ3n) is 6.44. The number of rotatable bonds is 8. The van der Waals surface area contributed by atoms with Crippen LogP contribution in [0.1, 0.15) is 108 Å². The van der Waals surface area contributed by atoms with Crippen LogP contribution in [0.4, 0.5) is 4.79 Å². The molecule has 1 fully saturated rings. The minimum atomic E-state index is -0.446. The van der Waals surface area contributed by atoms with Crippen LogP contribution in [0.5, 0.6) is 0 Å². The van der Waals surface area contributed by atoms with Gasteiger partial charge in [0.2, 0.25) is 0 Å². The van der Waals surface area contributed by atoms with Gasteiger partial charge in [-0.15, -0.1) is 0 Å². The number of urea groups is 1. The number of hydrogen-bond donors (Lipinski definition) is 2. The van der Waals surface area contributed by atoms with E-state index in [1.807, 2.05) is 13.8 Å². The Labute approximate surface area is 181 Å². The molecule has 0 saturated heterocycles. The number of carbonyl (C=O) groups excluding carboxylic acids is 2. The number of amides is 2. The van der Waals surface area contributed by atoms with Crippen molar-refractivity contribution in [1.82, 2.24) is 5.32 Å². The second-order valence-corrected chi connectivity index (χ2v) is 11.6. The quantitative estimate of drug-likeness (QED) is 0.475. The number of primary amides is 1. The van der Waals surface area contributed by atoms with Crippen LogP contribution in [0.25, 0.3) is 0 Å². The monoisotopic (exact) mass is 410 g/mol. The van der Waals surface area contributed by atoms with Gasteiger partial charge in [0.25, 0.3) is 0 Å². The Balaban J connectivity index is 0.00000178. The molecule has 29 heavy (non-hydrogen) atoms. The molecular weight excluding hydrogens is 360 g/mol. The van der Waals surface area contributed by atoms with Gasteiger partial charge in [-0.05, 0) is 75.5 Å². The molecule has 0 aromatic heterocycles. The molecule has 0 aromatic rings. The summed E-state index contributed by atoms with van der Waals surface area (Å²) in [4.78, 5) is 22.9. The second-order valence-electron chi connectivity index (χ2n) is 11.6. The van der Waals surface area contributed by atoms with E-state index in [0.717, 1.165) is 18.8 Å². The van der Waals surface area contributed by atoms with Crippen molar-refractivity contribution in [1.29, 1.82) is 0 Å². The Bertz CT molecular complexity index is 508. The first-order valence-electron chi connectivity index (χ1n) is 11.7. The highest BCUT2D eigenvalue weighted by atomic mass is 16.2. The van der Waals surface area contributed by atoms with Gasteiger partial charge in [-0.3, -0.25) is 4.79 Å². The van der Waals surface area contributed by atoms with Gasteiger partial charge in [0.05, 0.1) is 0 Å². The van der Waals surface area contributed by atoms with Crippen LogP contribution in [0.2, 0.25) is 0 Å². The van der Waals surface area contributed by atoms with Crippen molar-refractivity contribution < 1.29 is 9.59 Å². The molecule has 1 rings (SSSR count). The van der Waals surface area contributed by atoms with Crippen molar-refractivity contribution >= 4 is 11.8 Å². The van der Waals surface area contributed by atoms with E-state index in [1.54, 1.807) is 6.92 Å². The van der Waals surface area contributed by atoms with Crippen molar-refractivity contribution in [3.8, 4) is 0 Å². The van der Waals surface area contributed by atoms with Crippen LogP contribution in [-0.4, -0.2) is 17.4 Å². The maximum absolute atomic E-state index is 11.7. The lowest BCUT2D eigenvalue weighted by molar-refractivity contribution is -0.121. The molecule has 1 aliphatic carbocycles. The molecule has 4 nitrogen and oxygen atoms in total. The van der Waals surface area contributed by atoms with Crippen molar-refractivity contribution in [3.05, 3.63) is 0 Å². The maximum atomic E-state index is 11.7. The average molecular weight is 411 g/mol. The molecular formula is C25H50N2O2. The Morgan fingerprint density at radius 3 is 1.97 bits per heavy atom. The smallest absolute Gasteiger partial charge is 0.312 e. The minimum absolute atomic E-state index is 0.145. The molecule has 4 unspecified atom stereocenters. The predicted molar refractivity (Wildman–Crippen MR) is 125 cm³/mol. The van der Waals surface area contributed by atoms with E-state index in [1.165, 1.54) is 25.7 Å². The Hall–Kier alpha value is -1.06. The van der Waals surface area contributed by atoms with Crippen molar-refractivity contribution in [2.24, 2.45) is 40.7 Å². The third kappa shape index (κ3) is 11.6. The topological polar surface area (TPSA) is 72.2 Å². The number of Topliss-reactive ketones (excluding diaryl/α,β-unsaturated/α-hetero) is 1. The first kappa shape index (κ1) is 27.9. The number of nitrogens with two attached hydrogens (primary N) is 1. The van der Waals surface area contributed by atoms with Crippen LogP contribution in [0, 0.1) is 35.0 Å². The van der Waals surface area contributed by atoms with Gasteiger partial charge < -0.3 is 11.1 Å². The molecule has 4 heteroatoms. The third-order valence-corrected chi connectivity index (χ3v) is 6.44. The van der Waals surface area contributed by atoms with Crippen LogP contribution < -0.4 is 11.1 Å². The lowest BCUT2D eigenvalue weighted by atomic mass is 9.62. The molecule has 0 aliphatic heterocycles. The van der Waals surface area contributed by atoms with Gasteiger partial charge in [-0.2, -0.15) is 0 Å².